The first kappa shape index (κ1) is 16.7. The molecule has 2 aromatic rings. The van der Waals surface area contributed by atoms with Gasteiger partial charge in [-0.1, -0.05) is 25.5 Å². The molecule has 0 spiro atoms. The van der Waals surface area contributed by atoms with E-state index in [1.807, 2.05) is 12.1 Å². The van der Waals surface area contributed by atoms with Crippen molar-refractivity contribution in [2.75, 3.05) is 20.1 Å². The van der Waals surface area contributed by atoms with Crippen LogP contribution in [0.25, 0.3) is 5.52 Å². The van der Waals surface area contributed by atoms with Crippen LogP contribution in [-0.4, -0.2) is 46.2 Å². The third-order valence-electron chi connectivity index (χ3n) is 3.56. The molecule has 0 aromatic carbocycles. The van der Waals surface area contributed by atoms with Crippen molar-refractivity contribution in [2.45, 2.75) is 19.8 Å². The standard InChI is InChI=1S/C17H22N4O2/c1-4-6-11-20(3)17(23)15-19-14(16(22)18-10-5-2)13-9-7-8-12-21(13)15/h5,7-9,12H,2,4,6,10-11H2,1,3H3,(H,18,22). The first-order valence-electron chi connectivity index (χ1n) is 7.71. The van der Waals surface area contributed by atoms with E-state index in [-0.39, 0.29) is 23.3 Å². The van der Waals surface area contributed by atoms with Crippen molar-refractivity contribution in [1.82, 2.24) is 19.6 Å². The monoisotopic (exact) mass is 314 g/mol. The molecule has 23 heavy (non-hydrogen) atoms. The lowest BCUT2D eigenvalue weighted by atomic mass is 10.3. The molecule has 2 amide bonds. The van der Waals surface area contributed by atoms with Crippen LogP contribution in [0.4, 0.5) is 0 Å². The highest BCUT2D eigenvalue weighted by atomic mass is 16.2. The zero-order chi connectivity index (χ0) is 16.8. The summed E-state index contributed by atoms with van der Waals surface area (Å²) in [6, 6.07) is 5.40. The van der Waals surface area contributed by atoms with Crippen molar-refractivity contribution in [2.24, 2.45) is 0 Å². The van der Waals surface area contributed by atoms with Gasteiger partial charge in [0, 0.05) is 26.3 Å². The van der Waals surface area contributed by atoms with Crippen LogP contribution in [0.15, 0.2) is 37.1 Å². The average Bonchev–Trinajstić information content (AvgIpc) is 2.96. The minimum Gasteiger partial charge on any atom is -0.347 e. The lowest BCUT2D eigenvalue weighted by Gasteiger charge is -2.15. The van der Waals surface area contributed by atoms with E-state index in [2.05, 4.69) is 23.8 Å². The molecule has 0 fully saturated rings. The van der Waals surface area contributed by atoms with Crippen LogP contribution in [0.5, 0.6) is 0 Å². The fourth-order valence-corrected chi connectivity index (χ4v) is 2.27. The molecule has 0 bridgehead atoms. The molecule has 6 heteroatoms. The molecule has 0 aliphatic rings. The third kappa shape index (κ3) is 3.59. The van der Waals surface area contributed by atoms with Gasteiger partial charge in [0.1, 0.15) is 0 Å². The Bertz CT molecular complexity index is 720. The Hall–Kier alpha value is -2.63. The molecule has 0 atom stereocenters. The quantitative estimate of drug-likeness (QED) is 0.796. The van der Waals surface area contributed by atoms with Gasteiger partial charge in [-0.25, -0.2) is 4.98 Å². The molecule has 0 aliphatic carbocycles. The van der Waals surface area contributed by atoms with Gasteiger partial charge < -0.3 is 10.2 Å². The largest absolute Gasteiger partial charge is 0.347 e. The molecule has 0 saturated heterocycles. The van der Waals surface area contributed by atoms with E-state index in [1.54, 1.807) is 34.7 Å². The van der Waals surface area contributed by atoms with Crippen LogP contribution in [0.2, 0.25) is 0 Å². The minimum atomic E-state index is -0.316. The highest BCUT2D eigenvalue weighted by Gasteiger charge is 2.23. The van der Waals surface area contributed by atoms with E-state index in [0.29, 0.717) is 18.6 Å². The SMILES string of the molecule is C=CCNC(=O)c1nc(C(=O)N(C)CCCC)n2ccccc12. The van der Waals surface area contributed by atoms with Crippen LogP contribution in [0.1, 0.15) is 40.9 Å². The highest BCUT2D eigenvalue weighted by Crippen LogP contribution is 2.14. The number of pyridine rings is 1. The summed E-state index contributed by atoms with van der Waals surface area (Å²) >= 11 is 0. The summed E-state index contributed by atoms with van der Waals surface area (Å²) in [5.41, 5.74) is 0.862. The molecule has 2 aromatic heterocycles. The predicted molar refractivity (Wildman–Crippen MR) is 89.6 cm³/mol. The van der Waals surface area contributed by atoms with Crippen LogP contribution in [0.3, 0.4) is 0 Å². The molecule has 0 saturated carbocycles. The molecular formula is C17H22N4O2. The molecule has 6 nitrogen and oxygen atoms in total. The van der Waals surface area contributed by atoms with Crippen LogP contribution in [-0.2, 0) is 0 Å². The number of hydrogen-bond donors (Lipinski definition) is 1. The Morgan fingerprint density at radius 2 is 2.22 bits per heavy atom. The fourth-order valence-electron chi connectivity index (χ4n) is 2.27. The Kier molecular flexibility index (Phi) is 5.51. The van der Waals surface area contributed by atoms with E-state index >= 15 is 0 Å². The predicted octanol–water partition coefficient (Wildman–Crippen LogP) is 2.12. The number of aromatic nitrogens is 2. The molecule has 2 rings (SSSR count). The van der Waals surface area contributed by atoms with Crippen molar-refractivity contribution in [1.29, 1.82) is 0 Å². The summed E-state index contributed by atoms with van der Waals surface area (Å²) in [4.78, 5) is 30.8. The number of hydrogen-bond acceptors (Lipinski definition) is 3. The minimum absolute atomic E-state index is 0.192. The topological polar surface area (TPSA) is 66.7 Å². The van der Waals surface area contributed by atoms with Crippen LogP contribution < -0.4 is 5.32 Å². The zero-order valence-electron chi connectivity index (χ0n) is 13.6. The first-order chi connectivity index (χ1) is 11.1. The number of rotatable bonds is 7. The Labute approximate surface area is 135 Å². The van der Waals surface area contributed by atoms with Gasteiger partial charge in [0.2, 0.25) is 5.82 Å². The van der Waals surface area contributed by atoms with Gasteiger partial charge in [-0.15, -0.1) is 6.58 Å². The van der Waals surface area contributed by atoms with Crippen LogP contribution in [0, 0.1) is 0 Å². The highest BCUT2D eigenvalue weighted by molar-refractivity contribution is 6.02. The van der Waals surface area contributed by atoms with Crippen molar-refractivity contribution in [3.05, 3.63) is 48.6 Å². The van der Waals surface area contributed by atoms with Crippen molar-refractivity contribution >= 4 is 17.3 Å². The van der Waals surface area contributed by atoms with Gasteiger partial charge in [0.15, 0.2) is 5.69 Å². The zero-order valence-corrected chi connectivity index (χ0v) is 13.6. The number of nitrogens with zero attached hydrogens (tertiary/aromatic N) is 3. The van der Waals surface area contributed by atoms with E-state index in [9.17, 15) is 9.59 Å². The summed E-state index contributed by atoms with van der Waals surface area (Å²) in [5, 5.41) is 2.70. The third-order valence-corrected chi connectivity index (χ3v) is 3.56. The number of fused-ring (bicyclic) bond motifs is 1. The molecule has 1 N–H and O–H groups in total. The van der Waals surface area contributed by atoms with Gasteiger partial charge in [-0.05, 0) is 18.6 Å². The second-order valence-corrected chi connectivity index (χ2v) is 5.32. The summed E-state index contributed by atoms with van der Waals surface area (Å²) < 4.78 is 1.66. The van der Waals surface area contributed by atoms with E-state index in [4.69, 9.17) is 0 Å². The maximum absolute atomic E-state index is 12.6. The first-order valence-corrected chi connectivity index (χ1v) is 7.71. The lowest BCUT2D eigenvalue weighted by Crippen LogP contribution is -2.29. The second kappa shape index (κ2) is 7.58. The average molecular weight is 314 g/mol. The molecule has 0 radical (unpaired) electrons. The maximum atomic E-state index is 12.6. The molecule has 0 aliphatic heterocycles. The van der Waals surface area contributed by atoms with Gasteiger partial charge in [0.05, 0.1) is 5.52 Å². The summed E-state index contributed by atoms with van der Waals surface area (Å²) in [6.07, 6.45) is 5.28. The van der Waals surface area contributed by atoms with Crippen molar-refractivity contribution in [3.8, 4) is 0 Å². The van der Waals surface area contributed by atoms with Crippen LogP contribution >= 0.6 is 0 Å². The number of unbranched alkanes of at least 4 members (excludes halogenated alkanes) is 1. The van der Waals surface area contributed by atoms with Crippen molar-refractivity contribution < 1.29 is 9.59 Å². The lowest BCUT2D eigenvalue weighted by molar-refractivity contribution is 0.0780. The number of imidazole rings is 1. The van der Waals surface area contributed by atoms with Gasteiger partial charge in [0.25, 0.3) is 11.8 Å². The number of carbonyl (C=O) groups excluding carboxylic acids is 2. The maximum Gasteiger partial charge on any atom is 0.289 e. The van der Waals surface area contributed by atoms with E-state index < -0.39 is 0 Å². The van der Waals surface area contributed by atoms with E-state index in [0.717, 1.165) is 12.8 Å². The summed E-state index contributed by atoms with van der Waals surface area (Å²) in [6.45, 7) is 6.66. The summed E-state index contributed by atoms with van der Waals surface area (Å²) in [7, 11) is 1.75. The van der Waals surface area contributed by atoms with E-state index in [1.165, 1.54) is 0 Å². The smallest absolute Gasteiger partial charge is 0.289 e. The van der Waals surface area contributed by atoms with Crippen molar-refractivity contribution in [3.63, 3.8) is 0 Å². The Morgan fingerprint density at radius 1 is 1.43 bits per heavy atom. The Morgan fingerprint density at radius 3 is 2.91 bits per heavy atom. The molecule has 2 heterocycles. The second-order valence-electron chi connectivity index (χ2n) is 5.32. The number of carbonyl (C=O) groups is 2. The summed E-state index contributed by atoms with van der Waals surface area (Å²) in [5.74, 6) is -0.255. The van der Waals surface area contributed by atoms with Gasteiger partial charge >= 0.3 is 0 Å². The number of nitrogens with one attached hydrogen (secondary N) is 1. The Balaban J connectivity index is 2.39. The molecular weight excluding hydrogens is 292 g/mol. The molecule has 0 unspecified atom stereocenters. The fraction of sp³-hybridized carbons (Fsp3) is 0.353. The normalized spacial score (nSPS) is 10.5. The van der Waals surface area contributed by atoms with Gasteiger partial charge in [-0.2, -0.15) is 0 Å². The molecule has 122 valence electrons. The number of amides is 2. The van der Waals surface area contributed by atoms with Gasteiger partial charge in [-0.3, -0.25) is 14.0 Å².